The normalized spacial score (nSPS) is 10.7. The molecule has 0 fully saturated rings. The quantitative estimate of drug-likeness (QED) is 0.738. The molecule has 1 heterocycles. The van der Waals surface area contributed by atoms with Crippen molar-refractivity contribution in [2.24, 2.45) is 0 Å². The van der Waals surface area contributed by atoms with E-state index in [0.29, 0.717) is 5.92 Å². The Balaban J connectivity index is 2.81. The molecule has 0 saturated heterocycles. The first-order valence-electron chi connectivity index (χ1n) is 4.33. The van der Waals surface area contributed by atoms with Crippen LogP contribution in [0.15, 0.2) is 18.3 Å². The predicted octanol–water partition coefficient (Wildman–Crippen LogP) is 1.92. The largest absolute Gasteiger partial charge is 0.316 e. The van der Waals surface area contributed by atoms with E-state index >= 15 is 0 Å². The van der Waals surface area contributed by atoms with E-state index in [0.717, 1.165) is 6.54 Å². The molecule has 1 rings (SSSR count). The molecule has 1 N–H and O–H groups in total. The van der Waals surface area contributed by atoms with Gasteiger partial charge in [-0.15, -0.1) is 0 Å². The Hall–Kier alpha value is -0.890. The van der Waals surface area contributed by atoms with E-state index in [1.54, 1.807) is 0 Å². The summed E-state index contributed by atoms with van der Waals surface area (Å²) in [5.74, 6) is 0.516. The number of nitrogens with one attached hydrogen (secondary N) is 1. The zero-order valence-corrected chi connectivity index (χ0v) is 7.96. The third-order valence-corrected chi connectivity index (χ3v) is 1.82. The Morgan fingerprint density at radius 2 is 2.25 bits per heavy atom. The third kappa shape index (κ3) is 2.31. The Labute approximate surface area is 74.0 Å². The molecule has 2 nitrogen and oxygen atoms in total. The minimum absolute atomic E-state index is 0.516. The van der Waals surface area contributed by atoms with Crippen molar-refractivity contribution in [3.8, 4) is 0 Å². The molecular formula is C10H16N2. The predicted molar refractivity (Wildman–Crippen MR) is 51.1 cm³/mol. The second-order valence-electron chi connectivity index (χ2n) is 3.27. The summed E-state index contributed by atoms with van der Waals surface area (Å²) in [6.07, 6.45) is 1.88. The van der Waals surface area contributed by atoms with Gasteiger partial charge in [0.2, 0.25) is 0 Å². The molecule has 0 amide bonds. The molecule has 0 aromatic carbocycles. The summed E-state index contributed by atoms with van der Waals surface area (Å²) in [7, 11) is 1.95. The van der Waals surface area contributed by atoms with Crippen LogP contribution < -0.4 is 5.32 Å². The Kier molecular flexibility index (Phi) is 3.23. The van der Waals surface area contributed by atoms with Gasteiger partial charge in [-0.3, -0.25) is 4.98 Å². The van der Waals surface area contributed by atoms with Crippen LogP contribution >= 0.6 is 0 Å². The van der Waals surface area contributed by atoms with Gasteiger partial charge in [-0.2, -0.15) is 0 Å². The van der Waals surface area contributed by atoms with Crippen LogP contribution in [0.1, 0.15) is 31.0 Å². The number of rotatable bonds is 3. The molecule has 1 aromatic rings. The summed E-state index contributed by atoms with van der Waals surface area (Å²) < 4.78 is 0. The van der Waals surface area contributed by atoms with Crippen molar-refractivity contribution in [3.63, 3.8) is 0 Å². The highest BCUT2D eigenvalue weighted by Gasteiger charge is 2.00. The van der Waals surface area contributed by atoms with Crippen LogP contribution in [-0.2, 0) is 6.54 Å². The average Bonchev–Trinajstić information content (AvgIpc) is 2.05. The molecule has 12 heavy (non-hydrogen) atoms. The van der Waals surface area contributed by atoms with Crippen LogP contribution in [-0.4, -0.2) is 12.0 Å². The van der Waals surface area contributed by atoms with Gasteiger partial charge in [0.25, 0.3) is 0 Å². The summed E-state index contributed by atoms with van der Waals surface area (Å²) in [6, 6.07) is 4.20. The fourth-order valence-corrected chi connectivity index (χ4v) is 1.12. The van der Waals surface area contributed by atoms with Crippen molar-refractivity contribution >= 4 is 0 Å². The van der Waals surface area contributed by atoms with Gasteiger partial charge in [-0.25, -0.2) is 0 Å². The van der Waals surface area contributed by atoms with Crippen molar-refractivity contribution in [2.75, 3.05) is 7.05 Å². The van der Waals surface area contributed by atoms with Crippen LogP contribution in [0, 0.1) is 0 Å². The lowest BCUT2D eigenvalue weighted by Crippen LogP contribution is -2.06. The van der Waals surface area contributed by atoms with Crippen molar-refractivity contribution in [2.45, 2.75) is 26.3 Å². The SMILES string of the molecule is CNCc1ccnc(C(C)C)c1. The number of hydrogen-bond donors (Lipinski definition) is 1. The molecule has 0 aliphatic heterocycles. The van der Waals surface area contributed by atoms with E-state index in [9.17, 15) is 0 Å². The van der Waals surface area contributed by atoms with Crippen LogP contribution in [0.5, 0.6) is 0 Å². The molecule has 2 heteroatoms. The lowest BCUT2D eigenvalue weighted by Gasteiger charge is -2.06. The standard InChI is InChI=1S/C10H16N2/c1-8(2)10-6-9(7-11-3)4-5-12-10/h4-6,8,11H,7H2,1-3H3. The van der Waals surface area contributed by atoms with E-state index in [1.165, 1.54) is 11.3 Å². The number of aromatic nitrogens is 1. The maximum absolute atomic E-state index is 4.29. The van der Waals surface area contributed by atoms with Crippen molar-refractivity contribution in [1.29, 1.82) is 0 Å². The summed E-state index contributed by atoms with van der Waals surface area (Å²) in [4.78, 5) is 4.29. The first kappa shape index (κ1) is 9.20. The molecule has 66 valence electrons. The van der Waals surface area contributed by atoms with E-state index in [1.807, 2.05) is 19.3 Å². The fourth-order valence-electron chi connectivity index (χ4n) is 1.12. The summed E-state index contributed by atoms with van der Waals surface area (Å²) >= 11 is 0. The molecule has 0 bridgehead atoms. The number of hydrogen-bond acceptors (Lipinski definition) is 2. The van der Waals surface area contributed by atoms with E-state index in [4.69, 9.17) is 0 Å². The lowest BCUT2D eigenvalue weighted by atomic mass is 10.1. The highest BCUT2D eigenvalue weighted by Crippen LogP contribution is 2.11. The number of nitrogens with zero attached hydrogens (tertiary/aromatic N) is 1. The van der Waals surface area contributed by atoms with Crippen molar-refractivity contribution < 1.29 is 0 Å². The molecule has 0 spiro atoms. The van der Waals surface area contributed by atoms with Gasteiger partial charge in [0.15, 0.2) is 0 Å². The first-order valence-corrected chi connectivity index (χ1v) is 4.33. The van der Waals surface area contributed by atoms with E-state index in [2.05, 4.69) is 30.2 Å². The summed E-state index contributed by atoms with van der Waals surface area (Å²) in [5.41, 5.74) is 2.47. The van der Waals surface area contributed by atoms with Crippen molar-refractivity contribution in [3.05, 3.63) is 29.6 Å². The fraction of sp³-hybridized carbons (Fsp3) is 0.500. The second-order valence-corrected chi connectivity index (χ2v) is 3.27. The zero-order chi connectivity index (χ0) is 8.97. The highest BCUT2D eigenvalue weighted by atomic mass is 14.8. The van der Waals surface area contributed by atoms with Gasteiger partial charge in [0, 0.05) is 18.4 Å². The third-order valence-electron chi connectivity index (χ3n) is 1.82. The molecule has 0 atom stereocenters. The van der Waals surface area contributed by atoms with Crippen LogP contribution in [0.3, 0.4) is 0 Å². The minimum Gasteiger partial charge on any atom is -0.316 e. The maximum atomic E-state index is 4.29. The molecule has 1 aromatic heterocycles. The summed E-state index contributed by atoms with van der Waals surface area (Å²) in [5, 5.41) is 3.12. The number of pyridine rings is 1. The van der Waals surface area contributed by atoms with Crippen LogP contribution in [0.4, 0.5) is 0 Å². The molecule has 0 aliphatic rings. The van der Waals surface area contributed by atoms with Crippen LogP contribution in [0.2, 0.25) is 0 Å². The Morgan fingerprint density at radius 3 is 2.83 bits per heavy atom. The minimum atomic E-state index is 0.516. The molecule has 0 aliphatic carbocycles. The van der Waals surface area contributed by atoms with Gasteiger partial charge in [-0.05, 0) is 30.7 Å². The van der Waals surface area contributed by atoms with Gasteiger partial charge in [0.05, 0.1) is 0 Å². The highest BCUT2D eigenvalue weighted by molar-refractivity contribution is 5.18. The molecule has 0 unspecified atom stereocenters. The van der Waals surface area contributed by atoms with Gasteiger partial charge in [0.1, 0.15) is 0 Å². The van der Waals surface area contributed by atoms with E-state index in [-0.39, 0.29) is 0 Å². The van der Waals surface area contributed by atoms with Gasteiger partial charge < -0.3 is 5.32 Å². The average molecular weight is 164 g/mol. The monoisotopic (exact) mass is 164 g/mol. The molecule has 0 radical (unpaired) electrons. The molecular weight excluding hydrogens is 148 g/mol. The van der Waals surface area contributed by atoms with Crippen molar-refractivity contribution in [1.82, 2.24) is 10.3 Å². The first-order chi connectivity index (χ1) is 5.74. The second kappa shape index (κ2) is 4.21. The van der Waals surface area contributed by atoms with Gasteiger partial charge >= 0.3 is 0 Å². The Morgan fingerprint density at radius 1 is 1.50 bits per heavy atom. The molecule has 0 saturated carbocycles. The summed E-state index contributed by atoms with van der Waals surface area (Å²) in [6.45, 7) is 5.24. The van der Waals surface area contributed by atoms with E-state index < -0.39 is 0 Å². The maximum Gasteiger partial charge on any atom is 0.0432 e. The smallest absolute Gasteiger partial charge is 0.0432 e. The lowest BCUT2D eigenvalue weighted by molar-refractivity contribution is 0.788. The topological polar surface area (TPSA) is 24.9 Å². The Bertz CT molecular complexity index is 243. The van der Waals surface area contributed by atoms with Crippen LogP contribution in [0.25, 0.3) is 0 Å². The zero-order valence-electron chi connectivity index (χ0n) is 7.96. The van der Waals surface area contributed by atoms with Gasteiger partial charge in [-0.1, -0.05) is 13.8 Å².